The van der Waals surface area contributed by atoms with Crippen LogP contribution in [0.1, 0.15) is 22.3 Å². The molecule has 0 saturated carbocycles. The summed E-state index contributed by atoms with van der Waals surface area (Å²) in [5.74, 6) is 2.80. The SMILES string of the molecule is Nc1cc(C#CCC(=O)O)cc(C(=O)O)c1. The number of benzene rings is 1. The van der Waals surface area contributed by atoms with Gasteiger partial charge in [0, 0.05) is 11.3 Å². The fraction of sp³-hybridized carbons (Fsp3) is 0.0909. The smallest absolute Gasteiger partial charge is 0.335 e. The van der Waals surface area contributed by atoms with Crippen molar-refractivity contribution in [2.24, 2.45) is 0 Å². The Hall–Kier alpha value is -2.48. The minimum atomic E-state index is -1.10. The molecule has 1 aromatic carbocycles. The molecule has 4 N–H and O–H groups in total. The summed E-state index contributed by atoms with van der Waals surface area (Å²) in [6.45, 7) is 0. The normalized spacial score (nSPS) is 9.00. The average Bonchev–Trinajstić information content (AvgIpc) is 2.16. The Morgan fingerprint density at radius 2 is 1.94 bits per heavy atom. The van der Waals surface area contributed by atoms with Gasteiger partial charge in [-0.25, -0.2) is 4.79 Å². The van der Waals surface area contributed by atoms with Crippen molar-refractivity contribution in [1.29, 1.82) is 0 Å². The first kappa shape index (κ1) is 11.6. The van der Waals surface area contributed by atoms with Crippen LogP contribution in [0.25, 0.3) is 0 Å². The number of aromatic carboxylic acids is 1. The Balaban J connectivity index is 2.99. The molecular formula is C11H9NO4. The van der Waals surface area contributed by atoms with E-state index in [0.717, 1.165) is 0 Å². The molecule has 0 heterocycles. The summed E-state index contributed by atoms with van der Waals surface area (Å²) >= 11 is 0. The lowest BCUT2D eigenvalue weighted by Gasteiger charge is -1.98. The topological polar surface area (TPSA) is 101 Å². The zero-order valence-electron chi connectivity index (χ0n) is 8.23. The number of hydrogen-bond acceptors (Lipinski definition) is 3. The Labute approximate surface area is 91.5 Å². The fourth-order valence-electron chi connectivity index (χ4n) is 1.07. The van der Waals surface area contributed by atoms with Gasteiger partial charge in [-0.05, 0) is 18.2 Å². The van der Waals surface area contributed by atoms with E-state index < -0.39 is 11.9 Å². The van der Waals surface area contributed by atoms with Crippen molar-refractivity contribution in [2.75, 3.05) is 5.73 Å². The number of anilines is 1. The Kier molecular flexibility index (Phi) is 3.51. The number of nitrogen functional groups attached to an aromatic ring is 1. The number of aliphatic carboxylic acids is 1. The van der Waals surface area contributed by atoms with Gasteiger partial charge in [0.2, 0.25) is 0 Å². The molecule has 0 aliphatic heterocycles. The van der Waals surface area contributed by atoms with Crippen LogP contribution in [0, 0.1) is 11.8 Å². The van der Waals surface area contributed by atoms with Crippen LogP contribution in [0.15, 0.2) is 18.2 Å². The van der Waals surface area contributed by atoms with E-state index in [1.165, 1.54) is 18.2 Å². The highest BCUT2D eigenvalue weighted by atomic mass is 16.4. The van der Waals surface area contributed by atoms with Crippen LogP contribution in [0.2, 0.25) is 0 Å². The molecule has 0 atom stereocenters. The molecule has 0 unspecified atom stereocenters. The molecule has 0 bridgehead atoms. The van der Waals surface area contributed by atoms with E-state index in [0.29, 0.717) is 5.56 Å². The maximum atomic E-state index is 10.7. The first-order valence-corrected chi connectivity index (χ1v) is 4.33. The molecule has 5 heteroatoms. The van der Waals surface area contributed by atoms with Gasteiger partial charge >= 0.3 is 11.9 Å². The third-order valence-corrected chi connectivity index (χ3v) is 1.67. The summed E-state index contributed by atoms with van der Waals surface area (Å²) in [6, 6.07) is 4.14. The zero-order chi connectivity index (χ0) is 12.1. The van der Waals surface area contributed by atoms with Crippen molar-refractivity contribution in [3.63, 3.8) is 0 Å². The van der Waals surface area contributed by atoms with Gasteiger partial charge in [-0.15, -0.1) is 0 Å². The van der Waals surface area contributed by atoms with Crippen molar-refractivity contribution in [3.05, 3.63) is 29.3 Å². The summed E-state index contributed by atoms with van der Waals surface area (Å²) in [7, 11) is 0. The molecule has 1 rings (SSSR count). The molecule has 5 nitrogen and oxygen atoms in total. The second-order valence-corrected chi connectivity index (χ2v) is 3.02. The van der Waals surface area contributed by atoms with Crippen LogP contribution in [-0.4, -0.2) is 22.2 Å². The monoisotopic (exact) mass is 219 g/mol. The molecule has 16 heavy (non-hydrogen) atoms. The third-order valence-electron chi connectivity index (χ3n) is 1.67. The van der Waals surface area contributed by atoms with E-state index in [9.17, 15) is 9.59 Å². The van der Waals surface area contributed by atoms with E-state index in [-0.39, 0.29) is 17.7 Å². The van der Waals surface area contributed by atoms with Crippen LogP contribution >= 0.6 is 0 Å². The predicted molar refractivity (Wildman–Crippen MR) is 56.9 cm³/mol. The first-order chi connectivity index (χ1) is 7.49. The molecule has 0 radical (unpaired) electrons. The number of carbonyl (C=O) groups is 2. The summed E-state index contributed by atoms with van der Waals surface area (Å²) < 4.78 is 0. The van der Waals surface area contributed by atoms with Crippen molar-refractivity contribution in [3.8, 4) is 11.8 Å². The average molecular weight is 219 g/mol. The number of carboxylic acids is 2. The standard InChI is InChI=1S/C11H9NO4/c12-9-5-7(2-1-3-10(13)14)4-8(6-9)11(15)16/h4-6H,3,12H2,(H,13,14)(H,15,16). The number of rotatable bonds is 2. The highest BCUT2D eigenvalue weighted by Crippen LogP contribution is 2.11. The van der Waals surface area contributed by atoms with Crippen molar-refractivity contribution < 1.29 is 19.8 Å². The minimum Gasteiger partial charge on any atom is -0.481 e. The molecule has 0 amide bonds. The zero-order valence-corrected chi connectivity index (χ0v) is 8.23. The van der Waals surface area contributed by atoms with Gasteiger partial charge in [0.15, 0.2) is 0 Å². The van der Waals surface area contributed by atoms with Crippen LogP contribution in [0.3, 0.4) is 0 Å². The molecule has 0 fully saturated rings. The highest BCUT2D eigenvalue weighted by Gasteiger charge is 2.04. The maximum absolute atomic E-state index is 10.7. The summed E-state index contributed by atoms with van der Waals surface area (Å²) in [6.07, 6.45) is -0.294. The molecular weight excluding hydrogens is 210 g/mol. The van der Waals surface area contributed by atoms with E-state index in [2.05, 4.69) is 11.8 Å². The summed E-state index contributed by atoms with van der Waals surface area (Å²) in [5.41, 5.74) is 6.17. The Bertz CT molecular complexity index is 496. The predicted octanol–water partition coefficient (Wildman–Crippen LogP) is 0.793. The lowest BCUT2D eigenvalue weighted by molar-refractivity contribution is -0.135. The molecule has 0 aliphatic rings. The van der Waals surface area contributed by atoms with Crippen LogP contribution in [0.4, 0.5) is 5.69 Å². The molecule has 0 aromatic heterocycles. The second-order valence-electron chi connectivity index (χ2n) is 3.02. The lowest BCUT2D eigenvalue weighted by Crippen LogP contribution is -1.99. The van der Waals surface area contributed by atoms with Crippen LogP contribution in [-0.2, 0) is 4.79 Å². The quantitative estimate of drug-likeness (QED) is 0.504. The fourth-order valence-corrected chi connectivity index (χ4v) is 1.07. The number of nitrogens with two attached hydrogens (primary N) is 1. The third kappa shape index (κ3) is 3.35. The van der Waals surface area contributed by atoms with E-state index in [1.54, 1.807) is 0 Å². The largest absolute Gasteiger partial charge is 0.481 e. The van der Waals surface area contributed by atoms with Crippen molar-refractivity contribution in [1.82, 2.24) is 0 Å². The van der Waals surface area contributed by atoms with Gasteiger partial charge in [0.05, 0.1) is 5.56 Å². The van der Waals surface area contributed by atoms with Gasteiger partial charge < -0.3 is 15.9 Å². The van der Waals surface area contributed by atoms with Crippen molar-refractivity contribution in [2.45, 2.75) is 6.42 Å². The second kappa shape index (κ2) is 4.84. The molecule has 0 spiro atoms. The minimum absolute atomic E-state index is 0.0274. The van der Waals surface area contributed by atoms with Crippen LogP contribution in [0.5, 0.6) is 0 Å². The van der Waals surface area contributed by atoms with Gasteiger partial charge in [-0.3, -0.25) is 4.79 Å². The summed E-state index contributed by atoms with van der Waals surface area (Å²) in [5, 5.41) is 17.1. The first-order valence-electron chi connectivity index (χ1n) is 4.33. The summed E-state index contributed by atoms with van der Waals surface area (Å²) in [4.78, 5) is 20.9. The van der Waals surface area contributed by atoms with Crippen LogP contribution < -0.4 is 5.73 Å². The van der Waals surface area contributed by atoms with Gasteiger partial charge in [-0.1, -0.05) is 11.8 Å². The van der Waals surface area contributed by atoms with Gasteiger partial charge in [0.1, 0.15) is 6.42 Å². The van der Waals surface area contributed by atoms with E-state index in [4.69, 9.17) is 15.9 Å². The molecule has 82 valence electrons. The highest BCUT2D eigenvalue weighted by molar-refractivity contribution is 5.89. The maximum Gasteiger partial charge on any atom is 0.335 e. The Morgan fingerprint density at radius 3 is 2.50 bits per heavy atom. The van der Waals surface area contributed by atoms with E-state index >= 15 is 0 Å². The van der Waals surface area contributed by atoms with Gasteiger partial charge in [0.25, 0.3) is 0 Å². The Morgan fingerprint density at radius 1 is 1.25 bits per heavy atom. The molecule has 1 aromatic rings. The number of hydrogen-bond donors (Lipinski definition) is 3. The van der Waals surface area contributed by atoms with E-state index in [1.807, 2.05) is 0 Å². The molecule has 0 saturated heterocycles. The number of carboxylic acid groups (broad SMARTS) is 2. The van der Waals surface area contributed by atoms with Gasteiger partial charge in [-0.2, -0.15) is 0 Å². The van der Waals surface area contributed by atoms with Crippen molar-refractivity contribution >= 4 is 17.6 Å². The molecule has 0 aliphatic carbocycles. The lowest BCUT2D eigenvalue weighted by atomic mass is 10.1.